The Hall–Kier alpha value is -3.10. The van der Waals surface area contributed by atoms with E-state index in [0.717, 1.165) is 6.07 Å². The minimum Gasteiger partial charge on any atom is -0.507 e. The van der Waals surface area contributed by atoms with Crippen molar-refractivity contribution in [2.45, 2.75) is 12.8 Å². The predicted octanol–water partition coefficient (Wildman–Crippen LogP) is 1.56. The third kappa shape index (κ3) is 4.20. The van der Waals surface area contributed by atoms with Crippen LogP contribution < -0.4 is 0 Å². The first-order valence-electron chi connectivity index (χ1n) is 5.53. The highest BCUT2D eigenvalue weighted by atomic mass is 16.5. The van der Waals surface area contributed by atoms with Crippen LogP contribution in [0.2, 0.25) is 0 Å². The van der Waals surface area contributed by atoms with Crippen molar-refractivity contribution in [1.82, 2.24) is 5.06 Å². The molecule has 0 saturated carbocycles. The lowest BCUT2D eigenvalue weighted by atomic mass is 10.2. The zero-order valence-corrected chi connectivity index (χ0v) is 10.5. The lowest BCUT2D eigenvalue weighted by Crippen LogP contribution is -2.24. The van der Waals surface area contributed by atoms with Gasteiger partial charge < -0.3 is 10.2 Å². The smallest absolute Gasteiger partial charge is 0.339 e. The molecule has 0 radical (unpaired) electrons. The van der Waals surface area contributed by atoms with Crippen molar-refractivity contribution in [2.24, 2.45) is 5.11 Å². The van der Waals surface area contributed by atoms with E-state index in [9.17, 15) is 14.4 Å². The number of imide groups is 1. The van der Waals surface area contributed by atoms with Crippen molar-refractivity contribution in [1.29, 1.82) is 0 Å². The first kappa shape index (κ1) is 16.0. The molecule has 0 aromatic heterocycles. The van der Waals surface area contributed by atoms with Gasteiger partial charge in [0.15, 0.2) is 0 Å². The van der Waals surface area contributed by atoms with Gasteiger partial charge in [0, 0.05) is 23.4 Å². The summed E-state index contributed by atoms with van der Waals surface area (Å²) in [5.41, 5.74) is 8.00. The number of hydroxylamine groups is 2. The van der Waals surface area contributed by atoms with E-state index in [1.165, 1.54) is 12.1 Å². The molecule has 0 unspecified atom stereocenters. The average Bonchev–Trinajstić information content (AvgIpc) is 2.71. The number of azide groups is 1. The molecule has 10 nitrogen and oxygen atoms in total. The van der Waals surface area contributed by atoms with Crippen LogP contribution in [0, 0.1) is 0 Å². The second-order valence-electron chi connectivity index (χ2n) is 3.80. The van der Waals surface area contributed by atoms with E-state index < -0.39 is 23.5 Å². The molecule has 110 valence electrons. The van der Waals surface area contributed by atoms with Crippen molar-refractivity contribution in [2.75, 3.05) is 0 Å². The molecule has 2 amide bonds. The number of carbonyl (C=O) groups is 3. The molecule has 3 N–H and O–H groups in total. The molecule has 0 atom stereocenters. The van der Waals surface area contributed by atoms with Crippen LogP contribution in [0.5, 0.6) is 5.75 Å². The largest absolute Gasteiger partial charge is 0.507 e. The normalized spacial score (nSPS) is 13.3. The number of phenols is 1. The molecule has 1 aromatic rings. The van der Waals surface area contributed by atoms with E-state index in [1.54, 1.807) is 0 Å². The van der Waals surface area contributed by atoms with E-state index in [1.807, 2.05) is 0 Å². The molecule has 0 spiro atoms. The van der Waals surface area contributed by atoms with Crippen LogP contribution in [-0.4, -0.2) is 38.3 Å². The fraction of sp³-hybridized carbons (Fsp3) is 0.182. The lowest BCUT2D eigenvalue weighted by Gasteiger charge is -1.98. The van der Waals surface area contributed by atoms with Gasteiger partial charge in [0.25, 0.3) is 11.8 Å². The van der Waals surface area contributed by atoms with Crippen LogP contribution >= 0.6 is 0 Å². The number of hydrogen-bond donors (Lipinski definition) is 3. The molecular weight excluding hydrogens is 284 g/mol. The van der Waals surface area contributed by atoms with E-state index in [4.69, 9.17) is 21.0 Å². The zero-order chi connectivity index (χ0) is 16.0. The molecule has 1 aliphatic heterocycles. The number of hydrogen-bond acceptors (Lipinski definition) is 6. The maximum atomic E-state index is 10.4. The van der Waals surface area contributed by atoms with E-state index >= 15 is 0 Å². The van der Waals surface area contributed by atoms with Crippen molar-refractivity contribution in [3.05, 3.63) is 34.2 Å². The van der Waals surface area contributed by atoms with Gasteiger partial charge >= 0.3 is 5.97 Å². The zero-order valence-electron chi connectivity index (χ0n) is 10.5. The summed E-state index contributed by atoms with van der Waals surface area (Å²) in [7, 11) is 0. The Labute approximate surface area is 117 Å². The van der Waals surface area contributed by atoms with E-state index in [2.05, 4.69) is 10.0 Å². The Kier molecular flexibility index (Phi) is 5.24. The van der Waals surface area contributed by atoms with Crippen LogP contribution in [0.3, 0.4) is 0 Å². The summed E-state index contributed by atoms with van der Waals surface area (Å²) in [6.45, 7) is 0. The number of carboxylic acids is 1. The minimum atomic E-state index is -1.23. The van der Waals surface area contributed by atoms with Gasteiger partial charge in [-0.2, -0.15) is 5.06 Å². The number of aromatic hydroxyl groups is 1. The molecule has 0 aliphatic carbocycles. The maximum Gasteiger partial charge on any atom is 0.339 e. The highest BCUT2D eigenvalue weighted by Gasteiger charge is 2.26. The van der Waals surface area contributed by atoms with Crippen molar-refractivity contribution in [3.63, 3.8) is 0 Å². The first-order valence-corrected chi connectivity index (χ1v) is 5.53. The summed E-state index contributed by atoms with van der Waals surface area (Å²) in [4.78, 5) is 33.4. The fourth-order valence-electron chi connectivity index (χ4n) is 1.38. The molecule has 0 bridgehead atoms. The number of carboxylic acid groups (broad SMARTS) is 1. The highest BCUT2D eigenvalue weighted by Crippen LogP contribution is 2.23. The van der Waals surface area contributed by atoms with Gasteiger partial charge in [-0.3, -0.25) is 14.8 Å². The van der Waals surface area contributed by atoms with Crippen LogP contribution in [0.4, 0.5) is 5.69 Å². The quantitative estimate of drug-likeness (QED) is 0.246. The Morgan fingerprint density at radius 3 is 2.19 bits per heavy atom. The average molecular weight is 294 g/mol. The number of aromatic carboxylic acids is 1. The summed E-state index contributed by atoms with van der Waals surface area (Å²) in [6.07, 6.45) is 0.296. The third-order valence-corrected chi connectivity index (χ3v) is 2.40. The molecule has 1 aliphatic rings. The maximum absolute atomic E-state index is 10.4. The first-order chi connectivity index (χ1) is 9.86. The Bertz CT molecular complexity index is 622. The predicted molar refractivity (Wildman–Crippen MR) is 66.7 cm³/mol. The summed E-state index contributed by atoms with van der Waals surface area (Å²) in [6, 6.07) is 3.56. The van der Waals surface area contributed by atoms with Crippen molar-refractivity contribution >= 4 is 23.5 Å². The number of benzene rings is 1. The monoisotopic (exact) mass is 294 g/mol. The SMILES string of the molecule is O=C1CCC(=O)N1O.[N-]=[N+]=Nc1ccc(C(=O)O)c(O)c1. The topological polar surface area (TPSA) is 164 Å². The van der Waals surface area contributed by atoms with Gasteiger partial charge in [0.2, 0.25) is 0 Å². The molecule has 1 heterocycles. The van der Waals surface area contributed by atoms with Crippen LogP contribution in [-0.2, 0) is 9.59 Å². The van der Waals surface area contributed by atoms with Gasteiger partial charge in [-0.1, -0.05) is 11.2 Å². The van der Waals surface area contributed by atoms with Crippen molar-refractivity contribution < 1.29 is 29.8 Å². The van der Waals surface area contributed by atoms with Gasteiger partial charge in [-0.05, 0) is 17.7 Å². The van der Waals surface area contributed by atoms with E-state index in [0.29, 0.717) is 0 Å². The van der Waals surface area contributed by atoms with Crippen LogP contribution in [0.1, 0.15) is 23.2 Å². The Morgan fingerprint density at radius 1 is 1.29 bits per heavy atom. The number of rotatable bonds is 2. The van der Waals surface area contributed by atoms with Crippen molar-refractivity contribution in [3.8, 4) is 5.75 Å². The molecule has 21 heavy (non-hydrogen) atoms. The number of nitrogens with zero attached hydrogens (tertiary/aromatic N) is 4. The molecular formula is C11H10N4O6. The lowest BCUT2D eigenvalue weighted by molar-refractivity contribution is -0.171. The van der Waals surface area contributed by atoms with Crippen LogP contribution in [0.15, 0.2) is 23.3 Å². The molecule has 1 saturated heterocycles. The Balaban J connectivity index is 0.000000235. The number of carbonyl (C=O) groups excluding carboxylic acids is 2. The van der Waals surface area contributed by atoms with Crippen LogP contribution in [0.25, 0.3) is 10.4 Å². The van der Waals surface area contributed by atoms with Gasteiger partial charge in [-0.25, -0.2) is 4.79 Å². The molecule has 10 heteroatoms. The Morgan fingerprint density at radius 2 is 1.86 bits per heavy atom. The molecule has 2 rings (SSSR count). The summed E-state index contributed by atoms with van der Waals surface area (Å²) in [5.74, 6) is -2.66. The standard InChI is InChI=1S/C7H5N3O3.C4H5NO3/c8-10-9-4-1-2-5(7(12)13)6(11)3-4;6-3-1-2-4(7)5(3)8/h1-3,11H,(H,12,13);8H,1-2H2. The second-order valence-corrected chi connectivity index (χ2v) is 3.80. The van der Waals surface area contributed by atoms with Gasteiger partial charge in [-0.15, -0.1) is 0 Å². The third-order valence-electron chi connectivity index (χ3n) is 2.40. The molecule has 1 aromatic carbocycles. The fourth-order valence-corrected chi connectivity index (χ4v) is 1.38. The van der Waals surface area contributed by atoms with Gasteiger partial charge in [0.1, 0.15) is 11.3 Å². The summed E-state index contributed by atoms with van der Waals surface area (Å²) < 4.78 is 0. The summed E-state index contributed by atoms with van der Waals surface area (Å²) in [5, 5.41) is 29.4. The van der Waals surface area contributed by atoms with E-state index in [-0.39, 0.29) is 29.2 Å². The van der Waals surface area contributed by atoms with Gasteiger partial charge in [0.05, 0.1) is 0 Å². The second kappa shape index (κ2) is 6.89. The summed E-state index contributed by atoms with van der Waals surface area (Å²) >= 11 is 0. The number of amides is 2. The minimum absolute atomic E-state index is 0.148. The highest BCUT2D eigenvalue weighted by molar-refractivity contribution is 6.00. The molecule has 1 fully saturated rings.